The van der Waals surface area contributed by atoms with Gasteiger partial charge in [0.1, 0.15) is 0 Å². The fraction of sp³-hybridized carbons (Fsp3) is 0.636. The minimum absolute atomic E-state index is 0.415. The van der Waals surface area contributed by atoms with Gasteiger partial charge in [0, 0.05) is 19.1 Å². The van der Waals surface area contributed by atoms with Crippen LogP contribution in [0.1, 0.15) is 20.3 Å². The van der Waals surface area contributed by atoms with Crippen molar-refractivity contribution in [3.63, 3.8) is 0 Å². The SMILES string of the molecule is CCC(C)N(C)CCNc1ncc(F)cn1. The van der Waals surface area contributed by atoms with Gasteiger partial charge in [-0.25, -0.2) is 14.4 Å². The lowest BCUT2D eigenvalue weighted by Crippen LogP contribution is -2.32. The normalized spacial score (nSPS) is 12.8. The molecule has 5 heteroatoms. The second kappa shape index (κ2) is 6.37. The minimum atomic E-state index is -0.415. The summed E-state index contributed by atoms with van der Waals surface area (Å²) in [7, 11) is 2.08. The molecule has 0 spiro atoms. The van der Waals surface area contributed by atoms with Gasteiger partial charge in [0.2, 0.25) is 5.95 Å². The van der Waals surface area contributed by atoms with Crippen LogP contribution in [0.2, 0.25) is 0 Å². The number of likely N-dealkylation sites (N-methyl/N-ethyl adjacent to an activating group) is 1. The van der Waals surface area contributed by atoms with Crippen molar-refractivity contribution in [2.75, 3.05) is 25.5 Å². The first-order chi connectivity index (χ1) is 7.63. The maximum absolute atomic E-state index is 12.5. The zero-order valence-electron chi connectivity index (χ0n) is 10.1. The highest BCUT2D eigenvalue weighted by Gasteiger charge is 2.05. The summed E-state index contributed by atoms with van der Waals surface area (Å²) in [6, 6.07) is 0.566. The number of hydrogen-bond acceptors (Lipinski definition) is 4. The Hall–Kier alpha value is -1.23. The Labute approximate surface area is 95.9 Å². The van der Waals surface area contributed by atoms with Gasteiger partial charge >= 0.3 is 0 Å². The number of anilines is 1. The third kappa shape index (κ3) is 4.10. The Morgan fingerprint density at radius 2 is 2.06 bits per heavy atom. The molecule has 0 radical (unpaired) electrons. The molecule has 0 aliphatic rings. The summed E-state index contributed by atoms with van der Waals surface area (Å²) in [5, 5.41) is 3.05. The van der Waals surface area contributed by atoms with Crippen LogP contribution in [0, 0.1) is 5.82 Å². The van der Waals surface area contributed by atoms with Crippen LogP contribution in [0.15, 0.2) is 12.4 Å². The molecule has 16 heavy (non-hydrogen) atoms. The first kappa shape index (κ1) is 12.8. The van der Waals surface area contributed by atoms with E-state index in [9.17, 15) is 4.39 Å². The molecule has 0 saturated carbocycles. The maximum Gasteiger partial charge on any atom is 0.222 e. The van der Waals surface area contributed by atoms with Crippen molar-refractivity contribution in [2.24, 2.45) is 0 Å². The summed E-state index contributed by atoms with van der Waals surface area (Å²) >= 11 is 0. The highest BCUT2D eigenvalue weighted by atomic mass is 19.1. The van der Waals surface area contributed by atoms with Gasteiger partial charge in [0.25, 0.3) is 0 Å². The van der Waals surface area contributed by atoms with Crippen LogP contribution in [0.25, 0.3) is 0 Å². The molecule has 0 saturated heterocycles. The standard InChI is InChI=1S/C11H19FN4/c1-4-9(2)16(3)6-5-13-11-14-7-10(12)8-15-11/h7-9H,4-6H2,1-3H3,(H,13,14,15). The zero-order chi connectivity index (χ0) is 12.0. The predicted molar refractivity (Wildman–Crippen MR) is 62.9 cm³/mol. The summed E-state index contributed by atoms with van der Waals surface area (Å²) in [6.07, 6.45) is 3.45. The Bertz CT molecular complexity index is 301. The molecule has 0 aromatic carbocycles. The molecule has 1 aromatic rings. The summed E-state index contributed by atoms with van der Waals surface area (Å²) in [4.78, 5) is 9.91. The Morgan fingerprint density at radius 1 is 1.44 bits per heavy atom. The van der Waals surface area contributed by atoms with E-state index in [4.69, 9.17) is 0 Å². The van der Waals surface area contributed by atoms with Gasteiger partial charge in [-0.15, -0.1) is 0 Å². The van der Waals surface area contributed by atoms with Gasteiger partial charge < -0.3 is 10.2 Å². The van der Waals surface area contributed by atoms with Crippen molar-refractivity contribution in [3.8, 4) is 0 Å². The number of aromatic nitrogens is 2. The van der Waals surface area contributed by atoms with Crippen molar-refractivity contribution < 1.29 is 4.39 Å². The molecule has 1 heterocycles. The van der Waals surface area contributed by atoms with E-state index in [0.29, 0.717) is 12.0 Å². The number of hydrogen-bond donors (Lipinski definition) is 1. The van der Waals surface area contributed by atoms with Crippen molar-refractivity contribution in [1.82, 2.24) is 14.9 Å². The molecule has 1 N–H and O–H groups in total. The van der Waals surface area contributed by atoms with Gasteiger partial charge in [-0.2, -0.15) is 0 Å². The van der Waals surface area contributed by atoms with E-state index >= 15 is 0 Å². The van der Waals surface area contributed by atoms with Gasteiger partial charge in [-0.3, -0.25) is 0 Å². The van der Waals surface area contributed by atoms with Crippen molar-refractivity contribution in [2.45, 2.75) is 26.3 Å². The second-order valence-corrected chi connectivity index (χ2v) is 3.89. The quantitative estimate of drug-likeness (QED) is 0.802. The third-order valence-corrected chi connectivity index (χ3v) is 2.71. The average molecular weight is 226 g/mol. The van der Waals surface area contributed by atoms with Crippen LogP contribution in [-0.4, -0.2) is 41.0 Å². The zero-order valence-corrected chi connectivity index (χ0v) is 10.1. The van der Waals surface area contributed by atoms with Crippen LogP contribution < -0.4 is 5.32 Å². The number of nitrogens with zero attached hydrogens (tertiary/aromatic N) is 3. The van der Waals surface area contributed by atoms with Crippen LogP contribution in [0.4, 0.5) is 10.3 Å². The van der Waals surface area contributed by atoms with Gasteiger partial charge in [-0.05, 0) is 20.4 Å². The Balaban J connectivity index is 2.27. The van der Waals surface area contributed by atoms with Crippen LogP contribution >= 0.6 is 0 Å². The van der Waals surface area contributed by atoms with E-state index in [2.05, 4.69) is 41.1 Å². The first-order valence-corrected chi connectivity index (χ1v) is 5.55. The maximum atomic E-state index is 12.5. The molecular weight excluding hydrogens is 207 g/mol. The molecule has 1 aromatic heterocycles. The largest absolute Gasteiger partial charge is 0.353 e. The fourth-order valence-electron chi connectivity index (χ4n) is 1.28. The molecule has 1 atom stereocenters. The van der Waals surface area contributed by atoms with Crippen molar-refractivity contribution in [3.05, 3.63) is 18.2 Å². The van der Waals surface area contributed by atoms with E-state index < -0.39 is 5.82 Å². The highest BCUT2D eigenvalue weighted by Crippen LogP contribution is 2.00. The summed E-state index contributed by atoms with van der Waals surface area (Å²) in [6.45, 7) is 6.02. The van der Waals surface area contributed by atoms with E-state index in [-0.39, 0.29) is 0 Å². The lowest BCUT2D eigenvalue weighted by molar-refractivity contribution is 0.261. The molecule has 90 valence electrons. The molecule has 0 aliphatic carbocycles. The smallest absolute Gasteiger partial charge is 0.222 e. The lowest BCUT2D eigenvalue weighted by Gasteiger charge is -2.23. The molecule has 1 unspecified atom stereocenters. The van der Waals surface area contributed by atoms with E-state index in [1.54, 1.807) is 0 Å². The molecule has 4 nitrogen and oxygen atoms in total. The van der Waals surface area contributed by atoms with Crippen molar-refractivity contribution >= 4 is 5.95 Å². The monoisotopic (exact) mass is 226 g/mol. The van der Waals surface area contributed by atoms with Gasteiger partial charge in [0.05, 0.1) is 12.4 Å². The van der Waals surface area contributed by atoms with Crippen LogP contribution in [-0.2, 0) is 0 Å². The summed E-state index contributed by atoms with van der Waals surface area (Å²) in [5.41, 5.74) is 0. The fourth-order valence-corrected chi connectivity index (χ4v) is 1.28. The lowest BCUT2D eigenvalue weighted by atomic mass is 10.2. The molecule has 1 rings (SSSR count). The number of rotatable bonds is 6. The highest BCUT2D eigenvalue weighted by molar-refractivity contribution is 5.22. The van der Waals surface area contributed by atoms with Crippen LogP contribution in [0.5, 0.6) is 0 Å². The number of nitrogens with one attached hydrogen (secondary N) is 1. The molecular formula is C11H19FN4. The van der Waals surface area contributed by atoms with Gasteiger partial charge in [-0.1, -0.05) is 6.92 Å². The molecule has 0 fully saturated rings. The second-order valence-electron chi connectivity index (χ2n) is 3.89. The van der Waals surface area contributed by atoms with E-state index in [0.717, 1.165) is 31.9 Å². The predicted octanol–water partition coefficient (Wildman–Crippen LogP) is 1.76. The van der Waals surface area contributed by atoms with Crippen LogP contribution in [0.3, 0.4) is 0 Å². The van der Waals surface area contributed by atoms with Crippen molar-refractivity contribution in [1.29, 1.82) is 0 Å². The summed E-state index contributed by atoms with van der Waals surface area (Å²) < 4.78 is 12.5. The summed E-state index contributed by atoms with van der Waals surface area (Å²) in [5.74, 6) is 0.0567. The topological polar surface area (TPSA) is 41.0 Å². The third-order valence-electron chi connectivity index (χ3n) is 2.71. The first-order valence-electron chi connectivity index (χ1n) is 5.55. The molecule has 0 bridgehead atoms. The molecule has 0 amide bonds. The minimum Gasteiger partial charge on any atom is -0.353 e. The molecule has 0 aliphatic heterocycles. The number of halogens is 1. The average Bonchev–Trinajstić information content (AvgIpc) is 2.30. The van der Waals surface area contributed by atoms with Gasteiger partial charge in [0.15, 0.2) is 5.82 Å². The Kier molecular flexibility index (Phi) is 5.11. The van der Waals surface area contributed by atoms with E-state index in [1.807, 2.05) is 0 Å². The van der Waals surface area contributed by atoms with E-state index in [1.165, 1.54) is 0 Å². The Morgan fingerprint density at radius 3 is 2.62 bits per heavy atom.